The van der Waals surface area contributed by atoms with Crippen LogP contribution < -0.4 is 10.6 Å². The van der Waals surface area contributed by atoms with E-state index < -0.39 is 5.54 Å². The first-order valence-electron chi connectivity index (χ1n) is 8.31. The van der Waals surface area contributed by atoms with Crippen LogP contribution in [0.5, 0.6) is 0 Å². The molecule has 126 valence electrons. The van der Waals surface area contributed by atoms with Crippen molar-refractivity contribution in [3.8, 4) is 6.07 Å². The van der Waals surface area contributed by atoms with E-state index in [1.54, 1.807) is 0 Å². The van der Waals surface area contributed by atoms with Crippen molar-refractivity contribution in [2.45, 2.75) is 37.6 Å². The summed E-state index contributed by atoms with van der Waals surface area (Å²) in [6.45, 7) is 0. The number of hydrogen-bond acceptors (Lipinski definition) is 4. The van der Waals surface area contributed by atoms with Gasteiger partial charge in [0.1, 0.15) is 5.54 Å². The van der Waals surface area contributed by atoms with Crippen molar-refractivity contribution in [2.75, 3.05) is 16.8 Å². The maximum Gasteiger partial charge on any atom is 0.227 e. The van der Waals surface area contributed by atoms with Crippen LogP contribution in [0.1, 0.15) is 31.2 Å². The molecule has 0 radical (unpaired) electrons. The quantitative estimate of drug-likeness (QED) is 0.880. The normalized spacial score (nSPS) is 22.0. The Kier molecular flexibility index (Phi) is 5.10. The van der Waals surface area contributed by atoms with Gasteiger partial charge in [-0.3, -0.25) is 9.59 Å². The van der Waals surface area contributed by atoms with Gasteiger partial charge >= 0.3 is 0 Å². The third-order valence-corrected chi connectivity index (χ3v) is 5.76. The third-order valence-electron chi connectivity index (χ3n) is 4.77. The largest absolute Gasteiger partial charge is 0.338 e. The molecule has 0 unspecified atom stereocenters. The van der Waals surface area contributed by atoms with Gasteiger partial charge in [0.2, 0.25) is 11.8 Å². The second kappa shape index (κ2) is 7.27. The van der Waals surface area contributed by atoms with E-state index in [0.717, 1.165) is 22.8 Å². The van der Waals surface area contributed by atoms with Crippen LogP contribution in [0, 0.1) is 17.2 Å². The van der Waals surface area contributed by atoms with Crippen LogP contribution in [0.2, 0.25) is 0 Å². The van der Waals surface area contributed by atoms with Gasteiger partial charge in [-0.15, -0.1) is 0 Å². The zero-order valence-corrected chi connectivity index (χ0v) is 14.3. The number of amides is 2. The van der Waals surface area contributed by atoms with Crippen molar-refractivity contribution in [3.05, 3.63) is 29.8 Å². The minimum absolute atomic E-state index is 0.0226. The molecule has 1 aromatic carbocycles. The lowest BCUT2D eigenvalue weighted by molar-refractivity contribution is -0.123. The molecule has 1 fully saturated rings. The molecule has 0 bridgehead atoms. The molecule has 0 aliphatic carbocycles. The van der Waals surface area contributed by atoms with Crippen LogP contribution in [-0.2, 0) is 16.0 Å². The highest BCUT2D eigenvalue weighted by atomic mass is 32.2. The molecule has 0 aromatic heterocycles. The highest BCUT2D eigenvalue weighted by Gasteiger charge is 2.34. The fraction of sp³-hybridized carbons (Fsp3) is 0.500. The minimum Gasteiger partial charge on any atom is -0.338 e. The predicted molar refractivity (Wildman–Crippen MR) is 94.5 cm³/mol. The van der Waals surface area contributed by atoms with Crippen molar-refractivity contribution in [3.63, 3.8) is 0 Å². The summed E-state index contributed by atoms with van der Waals surface area (Å²) in [7, 11) is 0. The van der Waals surface area contributed by atoms with Crippen LogP contribution >= 0.6 is 11.8 Å². The fourth-order valence-electron chi connectivity index (χ4n) is 3.27. The first-order valence-corrected chi connectivity index (χ1v) is 9.46. The van der Waals surface area contributed by atoms with E-state index in [-0.39, 0.29) is 24.2 Å². The van der Waals surface area contributed by atoms with Crippen LogP contribution in [0.25, 0.3) is 0 Å². The van der Waals surface area contributed by atoms with E-state index in [1.165, 1.54) is 0 Å². The second-order valence-electron chi connectivity index (χ2n) is 6.44. The van der Waals surface area contributed by atoms with E-state index in [9.17, 15) is 14.9 Å². The van der Waals surface area contributed by atoms with Gasteiger partial charge in [-0.2, -0.15) is 17.0 Å². The number of para-hydroxylation sites is 1. The van der Waals surface area contributed by atoms with Crippen molar-refractivity contribution in [2.24, 2.45) is 5.92 Å². The molecule has 1 atom stereocenters. The maximum atomic E-state index is 12.3. The van der Waals surface area contributed by atoms with Gasteiger partial charge in [0, 0.05) is 18.0 Å². The average molecular weight is 343 g/mol. The zero-order chi connectivity index (χ0) is 17.0. The first-order chi connectivity index (χ1) is 11.6. The molecule has 3 rings (SSSR count). The topological polar surface area (TPSA) is 82.0 Å². The molecule has 5 nitrogen and oxygen atoms in total. The summed E-state index contributed by atoms with van der Waals surface area (Å²) < 4.78 is 0. The van der Waals surface area contributed by atoms with Gasteiger partial charge in [0.25, 0.3) is 0 Å². The molecule has 2 heterocycles. The summed E-state index contributed by atoms with van der Waals surface area (Å²) in [5.41, 5.74) is 1.26. The first kappa shape index (κ1) is 16.8. The lowest BCUT2D eigenvalue weighted by atomic mass is 9.89. The van der Waals surface area contributed by atoms with Crippen LogP contribution in [0.4, 0.5) is 5.69 Å². The minimum atomic E-state index is -0.718. The Bertz CT molecular complexity index is 677. The van der Waals surface area contributed by atoms with Crippen molar-refractivity contribution in [1.29, 1.82) is 5.26 Å². The molecule has 0 saturated carbocycles. The number of carbonyl (C=O) groups excluding carboxylic acids is 2. The highest BCUT2D eigenvalue weighted by Crippen LogP contribution is 2.29. The molecular formula is C18H21N3O2S. The van der Waals surface area contributed by atoms with Gasteiger partial charge < -0.3 is 10.6 Å². The van der Waals surface area contributed by atoms with E-state index in [0.29, 0.717) is 25.7 Å². The SMILES string of the molecule is N#CC1(NC(=O)CC[C@@H]2Cc3ccccc3NC2=O)CCSCC1. The van der Waals surface area contributed by atoms with E-state index in [1.807, 2.05) is 36.0 Å². The number of carbonyl (C=O) groups is 2. The summed E-state index contributed by atoms with van der Waals surface area (Å²) in [6.07, 6.45) is 2.82. The van der Waals surface area contributed by atoms with Crippen LogP contribution in [-0.4, -0.2) is 28.9 Å². The Morgan fingerprint density at radius 1 is 1.38 bits per heavy atom. The Balaban J connectivity index is 1.55. The van der Waals surface area contributed by atoms with Crippen molar-refractivity contribution >= 4 is 29.3 Å². The van der Waals surface area contributed by atoms with E-state index in [2.05, 4.69) is 16.7 Å². The predicted octanol–water partition coefficient (Wildman–Crippen LogP) is 2.48. The molecule has 1 saturated heterocycles. The lowest BCUT2D eigenvalue weighted by Gasteiger charge is -2.31. The Morgan fingerprint density at radius 3 is 2.88 bits per heavy atom. The Hall–Kier alpha value is -2.00. The zero-order valence-electron chi connectivity index (χ0n) is 13.5. The summed E-state index contributed by atoms with van der Waals surface area (Å²) in [6, 6.07) is 10.0. The molecule has 6 heteroatoms. The fourth-order valence-corrected chi connectivity index (χ4v) is 4.46. The van der Waals surface area contributed by atoms with Crippen LogP contribution in [0.3, 0.4) is 0 Å². The monoisotopic (exact) mass is 343 g/mol. The number of hydrogen-bond donors (Lipinski definition) is 2. The number of benzene rings is 1. The van der Waals surface area contributed by atoms with E-state index >= 15 is 0 Å². The Morgan fingerprint density at radius 2 is 2.12 bits per heavy atom. The van der Waals surface area contributed by atoms with Gasteiger partial charge in [-0.25, -0.2) is 0 Å². The highest BCUT2D eigenvalue weighted by molar-refractivity contribution is 7.99. The maximum absolute atomic E-state index is 12.3. The summed E-state index contributed by atoms with van der Waals surface area (Å²) >= 11 is 1.81. The molecule has 2 aliphatic heterocycles. The second-order valence-corrected chi connectivity index (χ2v) is 7.67. The molecule has 2 N–H and O–H groups in total. The average Bonchev–Trinajstić information content (AvgIpc) is 2.60. The number of nitriles is 1. The summed E-state index contributed by atoms with van der Waals surface area (Å²) in [5.74, 6) is 1.46. The third kappa shape index (κ3) is 3.73. The van der Waals surface area contributed by atoms with Gasteiger partial charge in [-0.05, 0) is 48.8 Å². The van der Waals surface area contributed by atoms with Gasteiger partial charge in [-0.1, -0.05) is 18.2 Å². The van der Waals surface area contributed by atoms with E-state index in [4.69, 9.17) is 0 Å². The Labute approximate surface area is 146 Å². The molecule has 0 spiro atoms. The molecule has 24 heavy (non-hydrogen) atoms. The smallest absolute Gasteiger partial charge is 0.227 e. The number of thioether (sulfide) groups is 1. The number of nitrogens with zero attached hydrogens (tertiary/aromatic N) is 1. The standard InChI is InChI=1S/C18H21N3O2S/c19-12-18(7-9-24-10-8-18)21-16(22)6-5-14-11-13-3-1-2-4-15(13)20-17(14)23/h1-4,14H,5-11H2,(H,20,23)(H,21,22)/t14-/m1/s1. The number of nitrogens with one attached hydrogen (secondary N) is 2. The molecule has 2 aliphatic rings. The molecular weight excluding hydrogens is 322 g/mol. The number of anilines is 1. The van der Waals surface area contributed by atoms with Crippen LogP contribution in [0.15, 0.2) is 24.3 Å². The lowest BCUT2D eigenvalue weighted by Crippen LogP contribution is -2.49. The number of rotatable bonds is 4. The van der Waals surface area contributed by atoms with Crippen molar-refractivity contribution < 1.29 is 9.59 Å². The number of fused-ring (bicyclic) bond motifs is 1. The summed E-state index contributed by atoms with van der Waals surface area (Å²) in [4.78, 5) is 24.5. The molecule has 1 aromatic rings. The van der Waals surface area contributed by atoms with Gasteiger partial charge in [0.15, 0.2) is 0 Å². The van der Waals surface area contributed by atoms with Crippen molar-refractivity contribution in [1.82, 2.24) is 5.32 Å². The summed E-state index contributed by atoms with van der Waals surface area (Å²) in [5, 5.41) is 15.2. The molecule has 2 amide bonds. The van der Waals surface area contributed by atoms with Gasteiger partial charge in [0.05, 0.1) is 6.07 Å².